The molecule has 0 radical (unpaired) electrons. The fraction of sp³-hybridized carbons (Fsp3) is 0.333. The molecular weight excluding hydrogens is 476 g/mol. The number of ether oxygens (including phenoxy) is 3. The summed E-state index contributed by atoms with van der Waals surface area (Å²) in [5.41, 5.74) is 1.40. The van der Waals surface area contributed by atoms with Gasteiger partial charge in [0.25, 0.3) is 5.91 Å². The molecule has 1 aliphatic heterocycles. The number of anilines is 1. The molecule has 0 spiro atoms. The molecule has 5 rings (SSSR count). The van der Waals surface area contributed by atoms with Crippen LogP contribution in [0, 0.1) is 0 Å². The first-order chi connectivity index (χ1) is 17.6. The maximum atomic E-state index is 12.9. The molecule has 0 bridgehead atoms. The third-order valence-electron chi connectivity index (χ3n) is 6.57. The number of nitrogens with zero attached hydrogens (tertiary/aromatic N) is 3. The number of piperazine rings is 1. The van der Waals surface area contributed by atoms with Crippen LogP contribution >= 0.6 is 11.3 Å². The molecule has 1 fully saturated rings. The molecule has 188 valence electrons. The summed E-state index contributed by atoms with van der Waals surface area (Å²) < 4.78 is 17.5. The van der Waals surface area contributed by atoms with Gasteiger partial charge in [-0.1, -0.05) is 35.6 Å². The number of rotatable bonds is 8. The van der Waals surface area contributed by atoms with E-state index >= 15 is 0 Å². The number of fused-ring (bicyclic) bond motifs is 2. The molecule has 1 amide bonds. The Hall–Kier alpha value is -3.56. The Kier molecular flexibility index (Phi) is 7.11. The summed E-state index contributed by atoms with van der Waals surface area (Å²) >= 11 is 1.63. The van der Waals surface area contributed by atoms with Crippen molar-refractivity contribution >= 4 is 43.4 Å². The maximum Gasteiger partial charge on any atom is 0.255 e. The lowest BCUT2D eigenvalue weighted by atomic mass is 10.1. The van der Waals surface area contributed by atoms with E-state index in [9.17, 15) is 4.79 Å². The topological polar surface area (TPSA) is 76.2 Å². The van der Waals surface area contributed by atoms with E-state index in [0.29, 0.717) is 17.9 Å². The fourth-order valence-corrected chi connectivity index (χ4v) is 5.69. The van der Waals surface area contributed by atoms with Gasteiger partial charge in [0.2, 0.25) is 0 Å². The summed E-state index contributed by atoms with van der Waals surface area (Å²) in [5, 5.41) is 6.10. The van der Waals surface area contributed by atoms with Crippen molar-refractivity contribution < 1.29 is 19.0 Å². The number of methoxy groups -OCH3 is 3. The van der Waals surface area contributed by atoms with E-state index in [1.807, 2.05) is 48.5 Å². The monoisotopic (exact) mass is 506 g/mol. The van der Waals surface area contributed by atoms with Crippen LogP contribution in [0.4, 0.5) is 5.13 Å². The second-order valence-corrected chi connectivity index (χ2v) is 9.61. The van der Waals surface area contributed by atoms with Gasteiger partial charge in [-0.15, -0.1) is 0 Å². The van der Waals surface area contributed by atoms with Crippen molar-refractivity contribution in [3.63, 3.8) is 0 Å². The molecule has 8 nitrogen and oxygen atoms in total. The Balaban J connectivity index is 1.17. The van der Waals surface area contributed by atoms with Crippen LogP contribution in [0.25, 0.3) is 21.0 Å². The highest BCUT2D eigenvalue weighted by Gasteiger charge is 2.22. The number of hydrogen-bond acceptors (Lipinski definition) is 8. The van der Waals surface area contributed by atoms with Gasteiger partial charge in [-0.2, -0.15) is 0 Å². The molecule has 1 aliphatic rings. The first-order valence-corrected chi connectivity index (χ1v) is 12.8. The van der Waals surface area contributed by atoms with Crippen molar-refractivity contribution in [1.82, 2.24) is 15.2 Å². The van der Waals surface area contributed by atoms with Gasteiger partial charge in [0.05, 0.1) is 26.9 Å². The van der Waals surface area contributed by atoms with Crippen molar-refractivity contribution in [2.75, 3.05) is 65.5 Å². The van der Waals surface area contributed by atoms with Gasteiger partial charge >= 0.3 is 0 Å². The highest BCUT2D eigenvalue weighted by atomic mass is 32.1. The molecule has 9 heteroatoms. The van der Waals surface area contributed by atoms with Crippen molar-refractivity contribution in [3.8, 4) is 17.2 Å². The summed E-state index contributed by atoms with van der Waals surface area (Å²) in [6.07, 6.45) is 0. The Morgan fingerprint density at radius 1 is 0.917 bits per heavy atom. The fourth-order valence-electron chi connectivity index (χ4n) is 4.56. The molecule has 1 N–H and O–H groups in total. The highest BCUT2D eigenvalue weighted by molar-refractivity contribution is 7.22. The molecule has 0 atom stereocenters. The lowest BCUT2D eigenvalue weighted by Crippen LogP contribution is -2.48. The van der Waals surface area contributed by atoms with Crippen LogP contribution in [-0.2, 0) is 0 Å². The van der Waals surface area contributed by atoms with E-state index in [2.05, 4.69) is 15.1 Å². The van der Waals surface area contributed by atoms with Crippen LogP contribution in [0.3, 0.4) is 0 Å². The van der Waals surface area contributed by atoms with Gasteiger partial charge in [-0.05, 0) is 35.0 Å². The van der Waals surface area contributed by atoms with Crippen molar-refractivity contribution in [1.29, 1.82) is 0 Å². The van der Waals surface area contributed by atoms with Crippen LogP contribution in [0.15, 0.2) is 48.5 Å². The van der Waals surface area contributed by atoms with Crippen LogP contribution < -0.4 is 24.4 Å². The first-order valence-electron chi connectivity index (χ1n) is 11.9. The standard InChI is InChI=1S/C27H30N4O4S/c1-33-21-8-9-22(34-2)25-24(21)29-27(36-25)31-14-12-30(13-15-31)11-10-28-26(32)20-16-18-6-4-5-7-19(18)17-23(20)35-3/h4-9,16-17H,10-15H2,1-3H3,(H,28,32). The average Bonchev–Trinajstić information content (AvgIpc) is 3.37. The number of carbonyl (C=O) groups excluding carboxylic acids is 1. The second kappa shape index (κ2) is 10.6. The van der Waals surface area contributed by atoms with Crippen LogP contribution in [0.5, 0.6) is 17.2 Å². The predicted molar refractivity (Wildman–Crippen MR) is 144 cm³/mol. The second-order valence-electron chi connectivity index (χ2n) is 8.63. The molecule has 0 unspecified atom stereocenters. The zero-order chi connectivity index (χ0) is 25.1. The molecular formula is C27H30N4O4S. The minimum Gasteiger partial charge on any atom is -0.496 e. The highest BCUT2D eigenvalue weighted by Crippen LogP contribution is 2.40. The number of hydrogen-bond donors (Lipinski definition) is 1. The Labute approximate surface area is 214 Å². The van der Waals surface area contributed by atoms with Gasteiger partial charge in [0.1, 0.15) is 27.5 Å². The quantitative estimate of drug-likeness (QED) is 0.387. The summed E-state index contributed by atoms with van der Waals surface area (Å²) in [5.74, 6) is 2.04. The summed E-state index contributed by atoms with van der Waals surface area (Å²) in [7, 11) is 4.93. The van der Waals surface area contributed by atoms with Crippen molar-refractivity contribution in [2.45, 2.75) is 0 Å². The molecule has 0 aliphatic carbocycles. The zero-order valence-corrected chi connectivity index (χ0v) is 21.6. The van der Waals surface area contributed by atoms with Gasteiger partial charge in [0, 0.05) is 39.3 Å². The van der Waals surface area contributed by atoms with E-state index in [1.165, 1.54) is 0 Å². The van der Waals surface area contributed by atoms with E-state index in [4.69, 9.17) is 19.2 Å². The van der Waals surface area contributed by atoms with Crippen molar-refractivity contribution in [2.24, 2.45) is 0 Å². The van der Waals surface area contributed by atoms with E-state index in [-0.39, 0.29) is 5.91 Å². The lowest BCUT2D eigenvalue weighted by Gasteiger charge is -2.34. The maximum absolute atomic E-state index is 12.9. The van der Waals surface area contributed by atoms with E-state index in [1.54, 1.807) is 32.7 Å². The number of carbonyl (C=O) groups is 1. The Morgan fingerprint density at radius 3 is 2.28 bits per heavy atom. The number of benzene rings is 3. The Morgan fingerprint density at radius 2 is 1.58 bits per heavy atom. The molecule has 1 aromatic heterocycles. The number of thiazole rings is 1. The minimum atomic E-state index is -0.117. The van der Waals surface area contributed by atoms with Gasteiger partial charge in [-0.3, -0.25) is 9.69 Å². The van der Waals surface area contributed by atoms with Crippen molar-refractivity contribution in [3.05, 3.63) is 54.1 Å². The average molecular weight is 507 g/mol. The predicted octanol–water partition coefficient (Wildman–Crippen LogP) is 4.03. The number of amides is 1. The summed E-state index contributed by atoms with van der Waals surface area (Å²) in [6.45, 7) is 4.91. The van der Waals surface area contributed by atoms with E-state index < -0.39 is 0 Å². The number of aromatic nitrogens is 1. The number of nitrogens with one attached hydrogen (secondary N) is 1. The molecule has 2 heterocycles. The SMILES string of the molecule is COc1cc2ccccc2cc1C(=O)NCCN1CCN(c2nc3c(OC)ccc(OC)c3s2)CC1. The molecule has 36 heavy (non-hydrogen) atoms. The summed E-state index contributed by atoms with van der Waals surface area (Å²) in [4.78, 5) is 22.4. The molecule has 4 aromatic rings. The van der Waals surface area contributed by atoms with Crippen LogP contribution in [0.1, 0.15) is 10.4 Å². The van der Waals surface area contributed by atoms with Gasteiger partial charge in [0.15, 0.2) is 5.13 Å². The third-order valence-corrected chi connectivity index (χ3v) is 7.70. The molecule has 1 saturated heterocycles. The smallest absolute Gasteiger partial charge is 0.255 e. The van der Waals surface area contributed by atoms with Gasteiger partial charge < -0.3 is 24.4 Å². The van der Waals surface area contributed by atoms with Crippen LogP contribution in [-0.4, -0.2) is 76.4 Å². The van der Waals surface area contributed by atoms with Crippen LogP contribution in [0.2, 0.25) is 0 Å². The van der Waals surface area contributed by atoms with Gasteiger partial charge in [-0.25, -0.2) is 4.98 Å². The lowest BCUT2D eigenvalue weighted by molar-refractivity contribution is 0.0945. The Bertz CT molecular complexity index is 1340. The first kappa shape index (κ1) is 24.1. The zero-order valence-electron chi connectivity index (χ0n) is 20.7. The molecule has 0 saturated carbocycles. The summed E-state index contributed by atoms with van der Waals surface area (Å²) in [6, 6.07) is 15.6. The minimum absolute atomic E-state index is 0.117. The molecule has 3 aromatic carbocycles. The largest absolute Gasteiger partial charge is 0.496 e. The normalized spacial score (nSPS) is 14.2. The third kappa shape index (κ3) is 4.76. The van der Waals surface area contributed by atoms with E-state index in [0.717, 1.165) is 70.3 Å².